The number of hydrogen-bond acceptors (Lipinski definition) is 3. The van der Waals surface area contributed by atoms with Gasteiger partial charge in [0.2, 0.25) is 0 Å². The van der Waals surface area contributed by atoms with E-state index in [4.69, 9.17) is 4.74 Å². The van der Waals surface area contributed by atoms with Crippen LogP contribution in [0.15, 0.2) is 48.7 Å². The lowest BCUT2D eigenvalue weighted by atomic mass is 10.1. The lowest BCUT2D eigenvalue weighted by Gasteiger charge is -2.07. The molecule has 0 unspecified atom stereocenters. The number of anilines is 1. The third kappa shape index (κ3) is 3.77. The molecule has 3 nitrogen and oxygen atoms in total. The minimum Gasteiger partial charge on any atom is -0.493 e. The molecule has 1 N–H and O–H groups in total. The molecule has 0 bridgehead atoms. The quantitative estimate of drug-likeness (QED) is 0.790. The highest BCUT2D eigenvalue weighted by Gasteiger charge is 1.97. The van der Waals surface area contributed by atoms with E-state index in [0.29, 0.717) is 0 Å². The first kappa shape index (κ1) is 12.4. The van der Waals surface area contributed by atoms with Gasteiger partial charge in [-0.1, -0.05) is 30.3 Å². The van der Waals surface area contributed by atoms with Gasteiger partial charge in [-0.05, 0) is 24.5 Å². The van der Waals surface area contributed by atoms with E-state index in [1.807, 2.05) is 25.2 Å². The van der Waals surface area contributed by atoms with Crippen molar-refractivity contribution in [3.8, 4) is 5.75 Å². The average molecular weight is 242 g/mol. The summed E-state index contributed by atoms with van der Waals surface area (Å²) >= 11 is 0. The predicted octanol–water partition coefficient (Wildman–Crippen LogP) is 3.13. The Hall–Kier alpha value is -2.03. The van der Waals surface area contributed by atoms with Crippen LogP contribution in [0.25, 0.3) is 0 Å². The molecule has 0 spiro atoms. The van der Waals surface area contributed by atoms with Crippen LogP contribution in [-0.2, 0) is 6.42 Å². The van der Waals surface area contributed by atoms with Crippen molar-refractivity contribution in [2.75, 3.05) is 19.0 Å². The van der Waals surface area contributed by atoms with Crippen LogP contribution in [0, 0.1) is 0 Å². The van der Waals surface area contributed by atoms with Crippen LogP contribution in [-0.4, -0.2) is 18.6 Å². The predicted molar refractivity (Wildman–Crippen MR) is 74.0 cm³/mol. The summed E-state index contributed by atoms with van der Waals surface area (Å²) in [7, 11) is 1.85. The molecule has 3 heteroatoms. The molecule has 1 aromatic carbocycles. The fourth-order valence-corrected chi connectivity index (χ4v) is 1.75. The van der Waals surface area contributed by atoms with E-state index >= 15 is 0 Å². The van der Waals surface area contributed by atoms with E-state index in [0.717, 1.165) is 31.0 Å². The molecule has 18 heavy (non-hydrogen) atoms. The Kier molecular flexibility index (Phi) is 4.59. The van der Waals surface area contributed by atoms with Gasteiger partial charge in [0, 0.05) is 19.3 Å². The molecular formula is C15H18N2O. The molecule has 0 aliphatic heterocycles. The Labute approximate surface area is 108 Å². The maximum atomic E-state index is 5.69. The first-order valence-electron chi connectivity index (χ1n) is 6.19. The van der Waals surface area contributed by atoms with Gasteiger partial charge in [-0.25, -0.2) is 4.98 Å². The van der Waals surface area contributed by atoms with E-state index < -0.39 is 0 Å². The zero-order valence-corrected chi connectivity index (χ0v) is 10.6. The Bertz CT molecular complexity index is 471. The molecule has 0 aliphatic carbocycles. The van der Waals surface area contributed by atoms with Crippen molar-refractivity contribution in [1.82, 2.24) is 4.98 Å². The zero-order valence-electron chi connectivity index (χ0n) is 10.6. The summed E-state index contributed by atoms with van der Waals surface area (Å²) in [5.74, 6) is 1.69. The molecule has 1 aromatic heterocycles. The molecular weight excluding hydrogens is 224 g/mol. The molecule has 0 amide bonds. The number of aryl methyl sites for hydroxylation is 1. The van der Waals surface area contributed by atoms with Crippen molar-refractivity contribution in [1.29, 1.82) is 0 Å². The molecule has 2 aromatic rings. The monoisotopic (exact) mass is 242 g/mol. The Morgan fingerprint density at radius 1 is 1.17 bits per heavy atom. The Balaban J connectivity index is 1.75. The second-order valence-corrected chi connectivity index (χ2v) is 4.06. The number of aromatic nitrogens is 1. The minimum atomic E-state index is 0.724. The normalized spacial score (nSPS) is 10.1. The van der Waals surface area contributed by atoms with Gasteiger partial charge in [0.05, 0.1) is 6.61 Å². The molecule has 0 aliphatic rings. The topological polar surface area (TPSA) is 34.1 Å². The lowest BCUT2D eigenvalue weighted by molar-refractivity contribution is 0.311. The van der Waals surface area contributed by atoms with Gasteiger partial charge in [-0.15, -0.1) is 0 Å². The summed E-state index contributed by atoms with van der Waals surface area (Å²) in [5.41, 5.74) is 1.35. The first-order valence-corrected chi connectivity index (χ1v) is 6.19. The van der Waals surface area contributed by atoms with Crippen LogP contribution in [0.2, 0.25) is 0 Å². The molecule has 1 heterocycles. The van der Waals surface area contributed by atoms with E-state index in [9.17, 15) is 0 Å². The van der Waals surface area contributed by atoms with E-state index in [-0.39, 0.29) is 0 Å². The second-order valence-electron chi connectivity index (χ2n) is 4.06. The van der Waals surface area contributed by atoms with E-state index in [1.165, 1.54) is 5.56 Å². The largest absolute Gasteiger partial charge is 0.493 e. The highest BCUT2D eigenvalue weighted by Crippen LogP contribution is 2.14. The molecule has 0 saturated carbocycles. The van der Waals surface area contributed by atoms with Crippen molar-refractivity contribution in [2.45, 2.75) is 12.8 Å². The number of nitrogens with zero attached hydrogens (tertiary/aromatic N) is 1. The molecule has 0 radical (unpaired) electrons. The second kappa shape index (κ2) is 6.64. The van der Waals surface area contributed by atoms with Gasteiger partial charge < -0.3 is 10.1 Å². The number of rotatable bonds is 6. The van der Waals surface area contributed by atoms with Gasteiger partial charge in [0.1, 0.15) is 11.6 Å². The number of ether oxygens (including phenoxy) is 1. The minimum absolute atomic E-state index is 0.724. The van der Waals surface area contributed by atoms with Gasteiger partial charge in [-0.3, -0.25) is 0 Å². The number of pyridine rings is 1. The van der Waals surface area contributed by atoms with E-state index in [1.54, 1.807) is 6.20 Å². The summed E-state index contributed by atoms with van der Waals surface area (Å²) in [5, 5.41) is 2.99. The maximum Gasteiger partial charge on any atom is 0.129 e. The smallest absolute Gasteiger partial charge is 0.129 e. The standard InChI is InChI=1S/C15H18N2O/c1-16-15-12-14(9-10-17-15)18-11-5-8-13-6-3-2-4-7-13/h2-4,6-7,9-10,12H,5,8,11H2,1H3,(H,16,17). The van der Waals surface area contributed by atoms with Gasteiger partial charge in [0.25, 0.3) is 0 Å². The molecule has 0 fully saturated rings. The maximum absolute atomic E-state index is 5.69. The van der Waals surface area contributed by atoms with Crippen LogP contribution >= 0.6 is 0 Å². The number of benzene rings is 1. The van der Waals surface area contributed by atoms with Crippen molar-refractivity contribution in [3.05, 3.63) is 54.2 Å². The third-order valence-electron chi connectivity index (χ3n) is 2.71. The molecule has 2 rings (SSSR count). The third-order valence-corrected chi connectivity index (χ3v) is 2.71. The fraction of sp³-hybridized carbons (Fsp3) is 0.267. The lowest BCUT2D eigenvalue weighted by Crippen LogP contribution is -2.00. The zero-order chi connectivity index (χ0) is 12.6. The average Bonchev–Trinajstić information content (AvgIpc) is 2.45. The summed E-state index contributed by atoms with van der Waals surface area (Å²) in [4.78, 5) is 4.14. The van der Waals surface area contributed by atoms with Crippen LogP contribution in [0.1, 0.15) is 12.0 Å². The highest BCUT2D eigenvalue weighted by atomic mass is 16.5. The van der Waals surface area contributed by atoms with Gasteiger partial charge >= 0.3 is 0 Å². The Morgan fingerprint density at radius 3 is 2.78 bits per heavy atom. The molecule has 0 saturated heterocycles. The molecule has 0 atom stereocenters. The van der Waals surface area contributed by atoms with Crippen molar-refractivity contribution in [2.24, 2.45) is 0 Å². The highest BCUT2D eigenvalue weighted by molar-refractivity contribution is 5.39. The fourth-order valence-electron chi connectivity index (χ4n) is 1.75. The summed E-state index contributed by atoms with van der Waals surface area (Å²) in [6.07, 6.45) is 3.81. The molecule has 94 valence electrons. The summed E-state index contributed by atoms with van der Waals surface area (Å²) in [6.45, 7) is 0.724. The van der Waals surface area contributed by atoms with Crippen LogP contribution in [0.3, 0.4) is 0 Å². The SMILES string of the molecule is CNc1cc(OCCCc2ccccc2)ccn1. The number of nitrogens with one attached hydrogen (secondary N) is 1. The van der Waals surface area contributed by atoms with Gasteiger partial charge in [0.15, 0.2) is 0 Å². The van der Waals surface area contributed by atoms with E-state index in [2.05, 4.69) is 34.6 Å². The summed E-state index contributed by atoms with van der Waals surface area (Å²) in [6, 6.07) is 14.2. The van der Waals surface area contributed by atoms with Gasteiger partial charge in [-0.2, -0.15) is 0 Å². The van der Waals surface area contributed by atoms with Crippen molar-refractivity contribution >= 4 is 5.82 Å². The van der Waals surface area contributed by atoms with Crippen LogP contribution < -0.4 is 10.1 Å². The Morgan fingerprint density at radius 2 is 2.00 bits per heavy atom. The van der Waals surface area contributed by atoms with Crippen LogP contribution in [0.5, 0.6) is 5.75 Å². The van der Waals surface area contributed by atoms with Crippen molar-refractivity contribution < 1.29 is 4.74 Å². The van der Waals surface area contributed by atoms with Crippen molar-refractivity contribution in [3.63, 3.8) is 0 Å². The summed E-state index contributed by atoms with van der Waals surface area (Å²) < 4.78 is 5.69. The first-order chi connectivity index (χ1) is 8.88. The van der Waals surface area contributed by atoms with Crippen LogP contribution in [0.4, 0.5) is 5.82 Å². The number of hydrogen-bond donors (Lipinski definition) is 1.